The fraction of sp³-hybridized carbons (Fsp3) is 0.200. The van der Waals surface area contributed by atoms with Gasteiger partial charge in [0.15, 0.2) is 5.75 Å². The Morgan fingerprint density at radius 2 is 1.72 bits per heavy atom. The third-order valence-corrected chi connectivity index (χ3v) is 5.74. The lowest BCUT2D eigenvalue weighted by Crippen LogP contribution is -2.56. The Morgan fingerprint density at radius 3 is 2.53 bits per heavy atom. The summed E-state index contributed by atoms with van der Waals surface area (Å²) in [4.78, 5) is 21.7. The summed E-state index contributed by atoms with van der Waals surface area (Å²) in [5.74, 6) is 1.84. The quantitative estimate of drug-likeness (QED) is 0.574. The fourth-order valence-corrected chi connectivity index (χ4v) is 4.11. The van der Waals surface area contributed by atoms with E-state index in [0.29, 0.717) is 25.4 Å². The minimum Gasteiger partial charge on any atom is -0.454 e. The van der Waals surface area contributed by atoms with Gasteiger partial charge in [0.05, 0.1) is 11.3 Å². The average Bonchev–Trinajstić information content (AvgIpc) is 2.97. The van der Waals surface area contributed by atoms with Gasteiger partial charge in [-0.1, -0.05) is 36.4 Å². The zero-order valence-corrected chi connectivity index (χ0v) is 17.7. The third kappa shape index (κ3) is 3.77. The molecule has 162 valence electrons. The molecule has 0 aromatic heterocycles. The topological polar surface area (TPSA) is 57.2 Å². The highest BCUT2D eigenvalue weighted by molar-refractivity contribution is 6.04. The van der Waals surface area contributed by atoms with Crippen molar-refractivity contribution in [3.05, 3.63) is 84.2 Å². The molecule has 1 atom stereocenters. The number of fused-ring (bicyclic) bond motifs is 2. The number of amides is 2. The largest absolute Gasteiger partial charge is 0.454 e. The summed E-state index contributed by atoms with van der Waals surface area (Å²) in [7, 11) is 0. The van der Waals surface area contributed by atoms with E-state index < -0.39 is 5.82 Å². The maximum Gasteiger partial charge on any atom is 0.322 e. The number of rotatable bonds is 1. The molecule has 2 heterocycles. The van der Waals surface area contributed by atoms with Crippen molar-refractivity contribution in [2.24, 2.45) is 4.99 Å². The van der Waals surface area contributed by atoms with Gasteiger partial charge in [-0.3, -0.25) is 0 Å². The molecule has 3 aromatic rings. The Hall–Kier alpha value is -3.87. The molecule has 2 amide bonds. The predicted molar refractivity (Wildman–Crippen MR) is 122 cm³/mol. The second-order valence-electron chi connectivity index (χ2n) is 7.90. The third-order valence-electron chi connectivity index (χ3n) is 5.74. The summed E-state index contributed by atoms with van der Waals surface area (Å²) < 4.78 is 20.1. The highest BCUT2D eigenvalue weighted by Gasteiger charge is 2.31. The molecule has 0 saturated carbocycles. The van der Waals surface area contributed by atoms with Crippen molar-refractivity contribution >= 4 is 23.2 Å². The molecule has 0 radical (unpaired) electrons. The van der Waals surface area contributed by atoms with Crippen LogP contribution >= 0.6 is 0 Å². The van der Waals surface area contributed by atoms with E-state index in [-0.39, 0.29) is 17.8 Å². The van der Waals surface area contributed by atoms with Crippen molar-refractivity contribution in [2.75, 3.05) is 25.0 Å². The summed E-state index contributed by atoms with van der Waals surface area (Å²) in [6.07, 6.45) is 0. The number of anilines is 1. The molecule has 1 N–H and O–H groups in total. The van der Waals surface area contributed by atoms with E-state index in [2.05, 4.69) is 10.2 Å². The highest BCUT2D eigenvalue weighted by Crippen LogP contribution is 2.38. The Bertz CT molecular complexity index is 1200. The standard InChI is InChI=1S/C25H23FN4O2/c1-17-16-29(14-15-30(17)25(31)28-20-10-4-3-9-19(20)26)24-18-8-2-6-12-22(18)32-23-13-7-5-11-21(23)27-24/h2-13,17H,14-16H2,1H3,(H,28,31). The number of piperazine rings is 1. The molecule has 1 saturated heterocycles. The molecule has 7 heteroatoms. The van der Waals surface area contributed by atoms with Crippen LogP contribution in [0.2, 0.25) is 0 Å². The molecule has 32 heavy (non-hydrogen) atoms. The van der Waals surface area contributed by atoms with Gasteiger partial charge in [0.25, 0.3) is 0 Å². The number of urea groups is 1. The summed E-state index contributed by atoms with van der Waals surface area (Å²) in [6.45, 7) is 3.68. The SMILES string of the molecule is CC1CN(C2=Nc3ccccc3Oc3ccccc32)CCN1C(=O)Nc1ccccc1F. The molecule has 0 bridgehead atoms. The number of amidine groups is 1. The van der Waals surface area contributed by atoms with Crippen LogP contribution in [0.25, 0.3) is 0 Å². The lowest BCUT2D eigenvalue weighted by molar-refractivity contribution is 0.144. The zero-order chi connectivity index (χ0) is 22.1. The van der Waals surface area contributed by atoms with Gasteiger partial charge in [-0.25, -0.2) is 14.2 Å². The van der Waals surface area contributed by atoms with Gasteiger partial charge in [0.2, 0.25) is 0 Å². The molecule has 2 aliphatic heterocycles. The number of benzene rings is 3. The van der Waals surface area contributed by atoms with E-state index in [0.717, 1.165) is 22.8 Å². The molecule has 6 nitrogen and oxygen atoms in total. The van der Waals surface area contributed by atoms with E-state index in [4.69, 9.17) is 9.73 Å². The van der Waals surface area contributed by atoms with Crippen LogP contribution in [0.15, 0.2) is 77.8 Å². The molecule has 3 aromatic carbocycles. The van der Waals surface area contributed by atoms with Gasteiger partial charge >= 0.3 is 6.03 Å². The van der Waals surface area contributed by atoms with E-state index in [1.807, 2.05) is 55.5 Å². The van der Waals surface area contributed by atoms with Crippen LogP contribution in [-0.4, -0.2) is 47.3 Å². The Balaban J connectivity index is 1.38. The maximum absolute atomic E-state index is 14.0. The predicted octanol–water partition coefficient (Wildman–Crippen LogP) is 5.25. The number of hydrogen-bond acceptors (Lipinski definition) is 4. The molecule has 1 unspecified atom stereocenters. The average molecular weight is 430 g/mol. The number of nitrogens with zero attached hydrogens (tertiary/aromatic N) is 3. The van der Waals surface area contributed by atoms with Crippen molar-refractivity contribution in [3.63, 3.8) is 0 Å². The Labute approximate surface area is 185 Å². The molecule has 5 rings (SSSR count). The lowest BCUT2D eigenvalue weighted by atomic mass is 10.1. The van der Waals surface area contributed by atoms with Crippen LogP contribution in [0, 0.1) is 5.82 Å². The number of halogens is 1. The fourth-order valence-electron chi connectivity index (χ4n) is 4.11. The number of carbonyl (C=O) groups is 1. The molecule has 2 aliphatic rings. The van der Waals surface area contributed by atoms with Crippen LogP contribution in [0.4, 0.5) is 20.6 Å². The number of carbonyl (C=O) groups excluding carboxylic acids is 1. The van der Waals surface area contributed by atoms with Crippen LogP contribution < -0.4 is 10.1 Å². The molecular formula is C25H23FN4O2. The normalized spacial score (nSPS) is 17.4. The van der Waals surface area contributed by atoms with Crippen molar-refractivity contribution in [2.45, 2.75) is 13.0 Å². The Morgan fingerprint density at radius 1 is 1.00 bits per heavy atom. The highest BCUT2D eigenvalue weighted by atomic mass is 19.1. The minimum atomic E-state index is -0.449. The van der Waals surface area contributed by atoms with E-state index in [1.165, 1.54) is 6.07 Å². The number of para-hydroxylation sites is 4. The molecule has 0 spiro atoms. The van der Waals surface area contributed by atoms with Crippen LogP contribution in [0.3, 0.4) is 0 Å². The first-order valence-electron chi connectivity index (χ1n) is 10.6. The Kier molecular flexibility index (Phi) is 5.23. The van der Waals surface area contributed by atoms with Crippen LogP contribution in [0.1, 0.15) is 12.5 Å². The monoisotopic (exact) mass is 430 g/mol. The number of nitrogens with one attached hydrogen (secondary N) is 1. The van der Waals surface area contributed by atoms with E-state index in [9.17, 15) is 9.18 Å². The summed E-state index contributed by atoms with van der Waals surface area (Å²) in [5, 5.41) is 2.69. The first kappa shape index (κ1) is 20.1. The van der Waals surface area contributed by atoms with Gasteiger partial charge in [0, 0.05) is 25.7 Å². The summed E-state index contributed by atoms with van der Waals surface area (Å²) in [5.41, 5.74) is 1.87. The second kappa shape index (κ2) is 8.34. The maximum atomic E-state index is 14.0. The molecular weight excluding hydrogens is 407 g/mol. The van der Waals surface area contributed by atoms with E-state index in [1.54, 1.807) is 23.1 Å². The second-order valence-corrected chi connectivity index (χ2v) is 7.90. The number of ether oxygens (including phenoxy) is 1. The van der Waals surface area contributed by atoms with Gasteiger partial charge in [0.1, 0.15) is 23.1 Å². The summed E-state index contributed by atoms with van der Waals surface area (Å²) in [6, 6.07) is 21.3. The lowest BCUT2D eigenvalue weighted by Gasteiger charge is -2.41. The minimum absolute atomic E-state index is 0.0928. The van der Waals surface area contributed by atoms with Crippen molar-refractivity contribution in [1.29, 1.82) is 0 Å². The first-order chi connectivity index (χ1) is 15.6. The van der Waals surface area contributed by atoms with Gasteiger partial charge in [-0.05, 0) is 43.3 Å². The van der Waals surface area contributed by atoms with Crippen molar-refractivity contribution in [1.82, 2.24) is 9.80 Å². The van der Waals surface area contributed by atoms with Crippen molar-refractivity contribution in [3.8, 4) is 11.5 Å². The van der Waals surface area contributed by atoms with Crippen LogP contribution in [-0.2, 0) is 0 Å². The first-order valence-corrected chi connectivity index (χ1v) is 10.6. The molecule has 1 fully saturated rings. The van der Waals surface area contributed by atoms with Gasteiger partial charge < -0.3 is 19.9 Å². The van der Waals surface area contributed by atoms with E-state index >= 15 is 0 Å². The summed E-state index contributed by atoms with van der Waals surface area (Å²) >= 11 is 0. The van der Waals surface area contributed by atoms with Gasteiger partial charge in [-0.2, -0.15) is 0 Å². The van der Waals surface area contributed by atoms with Crippen LogP contribution in [0.5, 0.6) is 11.5 Å². The van der Waals surface area contributed by atoms with Gasteiger partial charge in [-0.15, -0.1) is 0 Å². The number of aliphatic imine (C=N–C) groups is 1. The molecule has 0 aliphatic carbocycles. The zero-order valence-electron chi connectivity index (χ0n) is 17.7. The number of hydrogen-bond donors (Lipinski definition) is 1. The van der Waals surface area contributed by atoms with Crippen molar-refractivity contribution < 1.29 is 13.9 Å². The smallest absolute Gasteiger partial charge is 0.322 e.